The van der Waals surface area contributed by atoms with Crippen molar-refractivity contribution in [3.63, 3.8) is 0 Å². The van der Waals surface area contributed by atoms with Gasteiger partial charge in [-0.25, -0.2) is 9.67 Å². The van der Waals surface area contributed by atoms with Gasteiger partial charge >= 0.3 is 5.97 Å². The zero-order valence-corrected chi connectivity index (χ0v) is 14.8. The first kappa shape index (κ1) is 17.4. The summed E-state index contributed by atoms with van der Waals surface area (Å²) < 4.78 is 1.60. The average molecular weight is 363 g/mol. The van der Waals surface area contributed by atoms with Crippen LogP contribution in [0.25, 0.3) is 5.69 Å². The average Bonchev–Trinajstić information content (AvgIpc) is 3.31. The lowest BCUT2D eigenvalue weighted by molar-refractivity contribution is -0.138. The highest BCUT2D eigenvalue weighted by Gasteiger charge is 2.33. The van der Waals surface area contributed by atoms with E-state index in [4.69, 9.17) is 16.7 Å². The highest BCUT2D eigenvalue weighted by molar-refractivity contribution is 6.32. The summed E-state index contributed by atoms with van der Waals surface area (Å²) in [7, 11) is 0. The van der Waals surface area contributed by atoms with Crippen molar-refractivity contribution in [3.05, 3.63) is 40.9 Å². The molecular weight excluding hydrogens is 344 g/mol. The summed E-state index contributed by atoms with van der Waals surface area (Å²) in [4.78, 5) is 29.4. The summed E-state index contributed by atoms with van der Waals surface area (Å²) in [6, 6.07) is 6.95. The molecule has 1 aliphatic carbocycles. The monoisotopic (exact) mass is 362 g/mol. The van der Waals surface area contributed by atoms with Crippen LogP contribution in [0.5, 0.6) is 0 Å². The van der Waals surface area contributed by atoms with E-state index in [1.165, 1.54) is 4.90 Å². The highest BCUT2D eigenvalue weighted by Crippen LogP contribution is 2.40. The standard InChI is InChI=1S/C17H19ClN4O3/c1-10(2)21(9-14(23)24)17(25)15-19-16(11-7-8-11)22(20-15)13-6-4-3-5-12(13)18/h3-6,10-11H,7-9H2,1-2H3,(H,23,24). The van der Waals surface area contributed by atoms with Gasteiger partial charge in [-0.05, 0) is 38.8 Å². The van der Waals surface area contributed by atoms with Crippen molar-refractivity contribution in [1.82, 2.24) is 19.7 Å². The zero-order valence-electron chi connectivity index (χ0n) is 14.0. The van der Waals surface area contributed by atoms with Gasteiger partial charge in [-0.15, -0.1) is 5.10 Å². The number of halogens is 1. The van der Waals surface area contributed by atoms with Gasteiger partial charge in [0.1, 0.15) is 12.4 Å². The lowest BCUT2D eigenvalue weighted by Crippen LogP contribution is -2.41. The van der Waals surface area contributed by atoms with Crippen LogP contribution >= 0.6 is 11.6 Å². The Morgan fingerprint density at radius 3 is 2.60 bits per heavy atom. The van der Waals surface area contributed by atoms with Crippen molar-refractivity contribution in [3.8, 4) is 5.69 Å². The summed E-state index contributed by atoms with van der Waals surface area (Å²) in [5.74, 6) is -0.635. The number of carboxylic acids is 1. The van der Waals surface area contributed by atoms with E-state index >= 15 is 0 Å². The molecule has 25 heavy (non-hydrogen) atoms. The van der Waals surface area contributed by atoms with Crippen LogP contribution in [-0.2, 0) is 4.79 Å². The number of carbonyl (C=O) groups excluding carboxylic acids is 1. The fourth-order valence-electron chi connectivity index (χ4n) is 2.58. The second-order valence-electron chi connectivity index (χ2n) is 6.35. The quantitative estimate of drug-likeness (QED) is 0.853. The predicted molar refractivity (Wildman–Crippen MR) is 92.2 cm³/mol. The molecule has 0 unspecified atom stereocenters. The number of rotatable bonds is 6. The van der Waals surface area contributed by atoms with Crippen molar-refractivity contribution in [1.29, 1.82) is 0 Å². The van der Waals surface area contributed by atoms with Crippen molar-refractivity contribution >= 4 is 23.5 Å². The number of para-hydroxylation sites is 1. The number of nitrogens with zero attached hydrogens (tertiary/aromatic N) is 4. The molecular formula is C17H19ClN4O3. The number of benzene rings is 1. The zero-order chi connectivity index (χ0) is 18.1. The molecule has 2 aromatic rings. The topological polar surface area (TPSA) is 88.3 Å². The van der Waals surface area contributed by atoms with Gasteiger partial charge in [-0.1, -0.05) is 23.7 Å². The third kappa shape index (κ3) is 3.66. The van der Waals surface area contributed by atoms with Crippen LogP contribution in [0.3, 0.4) is 0 Å². The maximum absolute atomic E-state index is 12.7. The number of carbonyl (C=O) groups is 2. The number of aromatic nitrogens is 3. The molecule has 0 atom stereocenters. The minimum absolute atomic E-state index is 0.00299. The Hall–Kier alpha value is -2.41. The first-order valence-electron chi connectivity index (χ1n) is 8.13. The summed E-state index contributed by atoms with van der Waals surface area (Å²) in [6.07, 6.45) is 1.97. The van der Waals surface area contributed by atoms with E-state index in [0.29, 0.717) is 16.5 Å². The van der Waals surface area contributed by atoms with Gasteiger partial charge in [0, 0.05) is 12.0 Å². The van der Waals surface area contributed by atoms with Crippen molar-refractivity contribution < 1.29 is 14.7 Å². The molecule has 7 nitrogen and oxygen atoms in total. The first-order chi connectivity index (χ1) is 11.9. The molecule has 3 rings (SSSR count). The Morgan fingerprint density at radius 2 is 2.04 bits per heavy atom. The molecule has 0 saturated heterocycles. The highest BCUT2D eigenvalue weighted by atomic mass is 35.5. The molecule has 0 spiro atoms. The Kier molecular flexibility index (Phi) is 4.76. The minimum atomic E-state index is -1.07. The van der Waals surface area contributed by atoms with E-state index in [2.05, 4.69) is 10.1 Å². The molecule has 1 aromatic carbocycles. The molecule has 1 amide bonds. The van der Waals surface area contributed by atoms with E-state index in [1.54, 1.807) is 24.6 Å². The van der Waals surface area contributed by atoms with Crippen LogP contribution in [0.1, 0.15) is 49.1 Å². The van der Waals surface area contributed by atoms with Crippen LogP contribution in [0, 0.1) is 0 Å². The van der Waals surface area contributed by atoms with E-state index in [0.717, 1.165) is 12.8 Å². The van der Waals surface area contributed by atoms with Gasteiger partial charge in [0.2, 0.25) is 5.82 Å². The number of amides is 1. The van der Waals surface area contributed by atoms with E-state index in [1.807, 2.05) is 18.2 Å². The molecule has 1 saturated carbocycles. The molecule has 1 heterocycles. The number of hydrogen-bond acceptors (Lipinski definition) is 4. The van der Waals surface area contributed by atoms with Crippen LogP contribution in [-0.4, -0.2) is 49.2 Å². The molecule has 0 aliphatic heterocycles. The van der Waals surface area contributed by atoms with Crippen LogP contribution in [0.15, 0.2) is 24.3 Å². The van der Waals surface area contributed by atoms with Crippen molar-refractivity contribution in [2.45, 2.75) is 38.6 Å². The summed E-state index contributed by atoms with van der Waals surface area (Å²) in [6.45, 7) is 3.12. The van der Waals surface area contributed by atoms with E-state index in [-0.39, 0.29) is 17.8 Å². The van der Waals surface area contributed by atoms with Gasteiger partial charge in [-0.3, -0.25) is 9.59 Å². The third-order valence-electron chi connectivity index (χ3n) is 4.04. The SMILES string of the molecule is CC(C)N(CC(=O)O)C(=O)c1nc(C2CC2)n(-c2ccccc2Cl)n1. The Bertz CT molecular complexity index is 814. The summed E-state index contributed by atoms with van der Waals surface area (Å²) in [5.41, 5.74) is 0.659. The second kappa shape index (κ2) is 6.84. The molecule has 132 valence electrons. The molecule has 1 aliphatic rings. The summed E-state index contributed by atoms with van der Waals surface area (Å²) >= 11 is 6.26. The van der Waals surface area contributed by atoms with E-state index < -0.39 is 18.4 Å². The maximum atomic E-state index is 12.7. The van der Waals surface area contributed by atoms with Gasteiger partial charge in [0.15, 0.2) is 0 Å². The maximum Gasteiger partial charge on any atom is 0.323 e. The Labute approximate surface area is 150 Å². The number of hydrogen-bond donors (Lipinski definition) is 1. The van der Waals surface area contributed by atoms with Crippen LogP contribution in [0.2, 0.25) is 5.02 Å². The fraction of sp³-hybridized carbons (Fsp3) is 0.412. The van der Waals surface area contributed by atoms with Gasteiger partial charge in [0.25, 0.3) is 5.91 Å². The van der Waals surface area contributed by atoms with Crippen molar-refractivity contribution in [2.24, 2.45) is 0 Å². The normalized spacial score (nSPS) is 13.9. The molecule has 8 heteroatoms. The van der Waals surface area contributed by atoms with Crippen LogP contribution in [0.4, 0.5) is 0 Å². The molecule has 0 bridgehead atoms. The van der Waals surface area contributed by atoms with Gasteiger partial charge in [-0.2, -0.15) is 0 Å². The molecule has 1 fully saturated rings. The number of aliphatic carboxylic acids is 1. The van der Waals surface area contributed by atoms with Crippen molar-refractivity contribution in [2.75, 3.05) is 6.54 Å². The molecule has 1 N–H and O–H groups in total. The Morgan fingerprint density at radius 1 is 1.36 bits per heavy atom. The smallest absolute Gasteiger partial charge is 0.323 e. The lowest BCUT2D eigenvalue weighted by Gasteiger charge is -2.23. The predicted octanol–water partition coefficient (Wildman–Crippen LogP) is 2.73. The van der Waals surface area contributed by atoms with Gasteiger partial charge < -0.3 is 10.0 Å². The fourth-order valence-corrected chi connectivity index (χ4v) is 2.80. The second-order valence-corrected chi connectivity index (χ2v) is 6.76. The number of carboxylic acid groups (broad SMARTS) is 1. The third-order valence-corrected chi connectivity index (χ3v) is 4.36. The van der Waals surface area contributed by atoms with Gasteiger partial charge in [0.05, 0.1) is 10.7 Å². The largest absolute Gasteiger partial charge is 0.480 e. The van der Waals surface area contributed by atoms with Crippen LogP contribution < -0.4 is 0 Å². The lowest BCUT2D eigenvalue weighted by atomic mass is 10.3. The summed E-state index contributed by atoms with van der Waals surface area (Å²) in [5, 5.41) is 13.9. The minimum Gasteiger partial charge on any atom is -0.480 e. The Balaban J connectivity index is 2.00. The first-order valence-corrected chi connectivity index (χ1v) is 8.51. The van der Waals surface area contributed by atoms with E-state index in [9.17, 15) is 9.59 Å². The molecule has 1 aromatic heterocycles. The molecule has 0 radical (unpaired) electrons.